The maximum absolute atomic E-state index is 13.9. The van der Waals surface area contributed by atoms with Crippen molar-refractivity contribution >= 4 is 5.91 Å². The Hall–Kier alpha value is -2.31. The van der Waals surface area contributed by atoms with Crippen molar-refractivity contribution in [3.05, 3.63) is 71.3 Å². The molecule has 1 aliphatic heterocycles. The molecule has 1 N–H and O–H groups in total. The summed E-state index contributed by atoms with van der Waals surface area (Å²) < 4.78 is 27.9. The molecule has 0 unspecified atom stereocenters. The number of nitrogens with one attached hydrogen (secondary N) is 1. The van der Waals surface area contributed by atoms with Gasteiger partial charge in [0, 0.05) is 38.1 Å². The molecule has 2 atom stereocenters. The van der Waals surface area contributed by atoms with Crippen molar-refractivity contribution in [2.45, 2.75) is 12.6 Å². The van der Waals surface area contributed by atoms with Gasteiger partial charge in [-0.25, -0.2) is 8.78 Å². The first-order valence-electron chi connectivity index (χ1n) is 9.10. The van der Waals surface area contributed by atoms with Crippen molar-refractivity contribution in [3.8, 4) is 0 Å². The van der Waals surface area contributed by atoms with Crippen LogP contribution in [0.2, 0.25) is 0 Å². The van der Waals surface area contributed by atoms with Gasteiger partial charge in [0.15, 0.2) is 0 Å². The van der Waals surface area contributed by atoms with E-state index in [9.17, 15) is 13.6 Å². The lowest BCUT2D eigenvalue weighted by Crippen LogP contribution is -2.43. The molecule has 0 spiro atoms. The maximum Gasteiger partial charge on any atom is 0.257 e. The van der Waals surface area contributed by atoms with Crippen molar-refractivity contribution in [3.63, 3.8) is 0 Å². The van der Waals surface area contributed by atoms with Crippen LogP contribution in [0.4, 0.5) is 8.78 Å². The number of carbonyl (C=O) groups is 1. The maximum atomic E-state index is 13.9. The molecule has 1 aliphatic rings. The topological polar surface area (TPSA) is 35.6 Å². The molecule has 0 aliphatic carbocycles. The first kappa shape index (κ1) is 19.5. The van der Waals surface area contributed by atoms with Gasteiger partial charge in [0.05, 0.1) is 0 Å². The Balaban J connectivity index is 1.72. The number of rotatable bonds is 6. The van der Waals surface area contributed by atoms with E-state index >= 15 is 0 Å². The van der Waals surface area contributed by atoms with Gasteiger partial charge in [-0.1, -0.05) is 36.4 Å². The summed E-state index contributed by atoms with van der Waals surface area (Å²) >= 11 is 0. The molecule has 1 saturated heterocycles. The van der Waals surface area contributed by atoms with Crippen molar-refractivity contribution < 1.29 is 13.6 Å². The van der Waals surface area contributed by atoms with Crippen molar-refractivity contribution in [1.29, 1.82) is 0 Å². The first-order chi connectivity index (χ1) is 12.9. The van der Waals surface area contributed by atoms with Crippen LogP contribution in [0.5, 0.6) is 0 Å². The van der Waals surface area contributed by atoms with E-state index in [2.05, 4.69) is 27.2 Å². The number of benzene rings is 2. The third kappa shape index (κ3) is 4.90. The average Bonchev–Trinajstić information content (AvgIpc) is 2.95. The lowest BCUT2D eigenvalue weighted by molar-refractivity contribution is 0.0918. The average molecular weight is 373 g/mol. The number of carbonyl (C=O) groups excluding carboxylic acids is 1. The van der Waals surface area contributed by atoms with Crippen LogP contribution in [0.25, 0.3) is 0 Å². The van der Waals surface area contributed by atoms with Gasteiger partial charge < -0.3 is 10.2 Å². The lowest BCUT2D eigenvalue weighted by atomic mass is 10.0. The van der Waals surface area contributed by atoms with Crippen LogP contribution in [-0.2, 0) is 6.54 Å². The van der Waals surface area contributed by atoms with E-state index in [0.29, 0.717) is 6.54 Å². The molecule has 0 saturated carbocycles. The van der Waals surface area contributed by atoms with Crippen LogP contribution in [0.15, 0.2) is 48.5 Å². The van der Waals surface area contributed by atoms with Crippen molar-refractivity contribution in [2.24, 2.45) is 5.92 Å². The Morgan fingerprint density at radius 1 is 1.07 bits per heavy atom. The molecule has 2 aromatic carbocycles. The van der Waals surface area contributed by atoms with Gasteiger partial charge in [0.1, 0.15) is 17.2 Å². The molecule has 1 heterocycles. The number of hydrogen-bond acceptors (Lipinski definition) is 3. The minimum Gasteiger partial charge on any atom is -0.347 e. The SMILES string of the molecule is CN(C)C[C@@H]1CN(Cc2ccccc2)C[C@H]1NC(=O)c1c(F)cccc1F. The quantitative estimate of drug-likeness (QED) is 0.846. The summed E-state index contributed by atoms with van der Waals surface area (Å²) in [4.78, 5) is 16.9. The second-order valence-electron chi connectivity index (χ2n) is 7.38. The zero-order chi connectivity index (χ0) is 19.4. The molecule has 4 nitrogen and oxygen atoms in total. The smallest absolute Gasteiger partial charge is 0.257 e. The molecular formula is C21H25F2N3O. The summed E-state index contributed by atoms with van der Waals surface area (Å²) in [6.45, 7) is 3.04. The molecule has 27 heavy (non-hydrogen) atoms. The van der Waals surface area contributed by atoms with Gasteiger partial charge in [-0.2, -0.15) is 0 Å². The molecule has 6 heteroatoms. The highest BCUT2D eigenvalue weighted by atomic mass is 19.1. The zero-order valence-corrected chi connectivity index (χ0v) is 15.7. The Morgan fingerprint density at radius 3 is 2.37 bits per heavy atom. The fourth-order valence-electron chi connectivity index (χ4n) is 3.70. The standard InChI is InChI=1S/C21H25F2N3O/c1-25(2)12-16-13-26(11-15-7-4-3-5-8-15)14-19(16)24-21(27)20-17(22)9-6-10-18(20)23/h3-10,16,19H,11-14H2,1-2H3,(H,24,27)/t16-,19-/m1/s1. The van der Waals surface area contributed by atoms with E-state index in [4.69, 9.17) is 0 Å². The molecule has 1 fully saturated rings. The van der Waals surface area contributed by atoms with E-state index in [-0.39, 0.29) is 12.0 Å². The summed E-state index contributed by atoms with van der Waals surface area (Å²) in [6, 6.07) is 13.4. The number of amides is 1. The molecule has 1 amide bonds. The monoisotopic (exact) mass is 373 g/mol. The second kappa shape index (κ2) is 8.59. The highest BCUT2D eigenvalue weighted by Crippen LogP contribution is 2.21. The highest BCUT2D eigenvalue weighted by molar-refractivity contribution is 5.95. The van der Waals surface area contributed by atoms with Crippen LogP contribution in [0, 0.1) is 17.6 Å². The molecule has 3 rings (SSSR count). The zero-order valence-electron chi connectivity index (χ0n) is 15.7. The normalized spacial score (nSPS) is 20.2. The third-order valence-electron chi connectivity index (χ3n) is 4.87. The minimum atomic E-state index is -0.837. The molecule has 0 radical (unpaired) electrons. The summed E-state index contributed by atoms with van der Waals surface area (Å²) in [5, 5.41) is 2.86. The third-order valence-corrected chi connectivity index (χ3v) is 4.87. The lowest BCUT2D eigenvalue weighted by Gasteiger charge is -2.23. The van der Waals surface area contributed by atoms with E-state index in [1.807, 2.05) is 32.3 Å². The molecule has 0 aromatic heterocycles. The summed E-state index contributed by atoms with van der Waals surface area (Å²) in [7, 11) is 3.96. The van der Waals surface area contributed by atoms with Crippen molar-refractivity contribution in [2.75, 3.05) is 33.7 Å². The predicted octanol–water partition coefficient (Wildman–Crippen LogP) is 2.76. The highest BCUT2D eigenvalue weighted by Gasteiger charge is 2.35. The number of likely N-dealkylation sites (tertiary alicyclic amines) is 1. The molecule has 144 valence electrons. The second-order valence-corrected chi connectivity index (χ2v) is 7.38. The number of halogens is 2. The summed E-state index contributed by atoms with van der Waals surface area (Å²) in [5.74, 6) is -2.19. The fourth-order valence-corrected chi connectivity index (χ4v) is 3.70. The Morgan fingerprint density at radius 2 is 1.74 bits per heavy atom. The molecule has 0 bridgehead atoms. The fraction of sp³-hybridized carbons (Fsp3) is 0.381. The summed E-state index contributed by atoms with van der Waals surface area (Å²) in [6.07, 6.45) is 0. The van der Waals surface area contributed by atoms with Crippen LogP contribution >= 0.6 is 0 Å². The van der Waals surface area contributed by atoms with Gasteiger partial charge >= 0.3 is 0 Å². The van der Waals surface area contributed by atoms with Crippen LogP contribution in [0.1, 0.15) is 15.9 Å². The number of nitrogens with zero attached hydrogens (tertiary/aromatic N) is 2. The van der Waals surface area contributed by atoms with Crippen LogP contribution < -0.4 is 5.32 Å². The van der Waals surface area contributed by atoms with Gasteiger partial charge in [0.2, 0.25) is 0 Å². The molecular weight excluding hydrogens is 348 g/mol. The first-order valence-corrected chi connectivity index (χ1v) is 9.10. The molecule has 2 aromatic rings. The predicted molar refractivity (Wildman–Crippen MR) is 101 cm³/mol. The van der Waals surface area contributed by atoms with Gasteiger partial charge in [0.25, 0.3) is 5.91 Å². The van der Waals surface area contributed by atoms with Crippen molar-refractivity contribution in [1.82, 2.24) is 15.1 Å². The Bertz CT molecular complexity index is 762. The summed E-state index contributed by atoms with van der Waals surface area (Å²) in [5.41, 5.74) is 0.691. The largest absolute Gasteiger partial charge is 0.347 e. The number of hydrogen-bond donors (Lipinski definition) is 1. The Kier molecular flexibility index (Phi) is 6.19. The van der Waals surface area contributed by atoms with Gasteiger partial charge in [-0.05, 0) is 31.8 Å². The van der Waals surface area contributed by atoms with E-state index in [1.165, 1.54) is 11.6 Å². The van der Waals surface area contributed by atoms with Crippen LogP contribution in [0.3, 0.4) is 0 Å². The Labute approximate surface area is 158 Å². The minimum absolute atomic E-state index is 0.164. The van der Waals surface area contributed by atoms with Gasteiger partial charge in [-0.15, -0.1) is 0 Å². The van der Waals surface area contributed by atoms with E-state index in [1.54, 1.807) is 0 Å². The van der Waals surface area contributed by atoms with E-state index < -0.39 is 23.1 Å². The van der Waals surface area contributed by atoms with Gasteiger partial charge in [-0.3, -0.25) is 9.69 Å². The van der Waals surface area contributed by atoms with Crippen LogP contribution in [-0.4, -0.2) is 55.5 Å². The van der Waals surface area contributed by atoms with E-state index in [0.717, 1.165) is 31.8 Å².